The van der Waals surface area contributed by atoms with Crippen molar-refractivity contribution in [1.82, 2.24) is 4.98 Å². The van der Waals surface area contributed by atoms with E-state index in [1.807, 2.05) is 48.5 Å². The van der Waals surface area contributed by atoms with Gasteiger partial charge in [-0.15, -0.1) is 0 Å². The van der Waals surface area contributed by atoms with Crippen molar-refractivity contribution in [2.45, 2.75) is 0 Å². The molecule has 0 aliphatic rings. The Bertz CT molecular complexity index is 1450. The monoisotopic (exact) mass is 495 g/mol. The summed E-state index contributed by atoms with van der Waals surface area (Å²) in [5.41, 5.74) is 3.69. The summed E-state index contributed by atoms with van der Waals surface area (Å²) in [6.07, 6.45) is 0. The lowest BCUT2D eigenvalue weighted by atomic mass is 9.98. The van der Waals surface area contributed by atoms with Gasteiger partial charge in [0.25, 0.3) is 5.91 Å². The number of pyridine rings is 1. The van der Waals surface area contributed by atoms with E-state index in [1.54, 1.807) is 37.4 Å². The van der Waals surface area contributed by atoms with Gasteiger partial charge in [-0.05, 0) is 48.0 Å². The zero-order valence-electron chi connectivity index (χ0n) is 20.6. The van der Waals surface area contributed by atoms with E-state index in [1.165, 1.54) is 14.2 Å². The van der Waals surface area contributed by atoms with Crippen LogP contribution in [0.3, 0.4) is 0 Å². The Morgan fingerprint density at radius 2 is 1.68 bits per heavy atom. The number of methoxy groups -OCH3 is 3. The summed E-state index contributed by atoms with van der Waals surface area (Å²) in [5, 5.41) is 12.7. The first-order valence-corrected chi connectivity index (χ1v) is 11.4. The molecule has 0 bridgehead atoms. The summed E-state index contributed by atoms with van der Waals surface area (Å²) in [6, 6.07) is 25.8. The number of ether oxygens (including phenoxy) is 4. The third kappa shape index (κ3) is 5.80. The van der Waals surface area contributed by atoms with Crippen LogP contribution in [0.5, 0.6) is 23.1 Å². The van der Waals surface area contributed by atoms with Crippen LogP contribution in [0.15, 0.2) is 78.9 Å². The van der Waals surface area contributed by atoms with E-state index in [4.69, 9.17) is 18.9 Å². The van der Waals surface area contributed by atoms with Gasteiger partial charge < -0.3 is 24.3 Å². The second kappa shape index (κ2) is 11.6. The lowest BCUT2D eigenvalue weighted by Gasteiger charge is -2.15. The Kier molecular flexibility index (Phi) is 7.86. The van der Waals surface area contributed by atoms with Gasteiger partial charge in [-0.25, -0.2) is 4.98 Å². The molecule has 0 saturated carbocycles. The molecule has 0 atom stereocenters. The molecule has 4 aromatic rings. The van der Waals surface area contributed by atoms with Gasteiger partial charge in [0.2, 0.25) is 5.88 Å². The number of anilines is 1. The van der Waals surface area contributed by atoms with Crippen molar-refractivity contribution in [2.75, 3.05) is 33.3 Å². The van der Waals surface area contributed by atoms with Crippen molar-refractivity contribution in [3.05, 3.63) is 84.4 Å². The van der Waals surface area contributed by atoms with Crippen LogP contribution in [0.25, 0.3) is 22.4 Å². The first-order chi connectivity index (χ1) is 18.1. The number of carbonyl (C=O) groups is 1. The molecule has 0 radical (unpaired) electrons. The maximum absolute atomic E-state index is 12.3. The average Bonchev–Trinajstić information content (AvgIpc) is 2.95. The summed E-state index contributed by atoms with van der Waals surface area (Å²) in [7, 11) is 4.58. The number of benzene rings is 3. The third-order valence-corrected chi connectivity index (χ3v) is 5.55. The summed E-state index contributed by atoms with van der Waals surface area (Å²) in [4.78, 5) is 16.8. The van der Waals surface area contributed by atoms with Crippen molar-refractivity contribution < 1.29 is 23.7 Å². The number of rotatable bonds is 9. The first kappa shape index (κ1) is 25.1. The highest BCUT2D eigenvalue weighted by Crippen LogP contribution is 2.38. The molecule has 8 nitrogen and oxygen atoms in total. The Morgan fingerprint density at radius 3 is 2.38 bits per heavy atom. The number of carbonyl (C=O) groups excluding carboxylic acids is 1. The predicted octanol–water partition coefficient (Wildman–Crippen LogP) is 5.33. The smallest absolute Gasteiger partial charge is 0.262 e. The molecule has 0 unspecified atom stereocenters. The Morgan fingerprint density at radius 1 is 0.865 bits per heavy atom. The molecule has 0 saturated heterocycles. The Hall–Kier alpha value is -5.03. The fourth-order valence-corrected chi connectivity index (χ4v) is 3.75. The number of nitrogens with zero attached hydrogens (tertiary/aromatic N) is 2. The Labute approximate surface area is 215 Å². The lowest BCUT2D eigenvalue weighted by molar-refractivity contribution is -0.118. The molecule has 0 spiro atoms. The standard InChI is InChI=1S/C29H25N3O5/c1-34-22-11-7-8-20(14-22)25-16-23(24(17-30)29(32-25)36-3)19-12-13-26(27(15-19)35-2)37-18-28(33)31-21-9-5-4-6-10-21/h4-16H,18H2,1-3H3,(H,31,33). The second-order valence-electron chi connectivity index (χ2n) is 7.85. The molecule has 0 aliphatic carbocycles. The van der Waals surface area contributed by atoms with E-state index in [9.17, 15) is 10.1 Å². The number of hydrogen-bond donors (Lipinski definition) is 1. The van der Waals surface area contributed by atoms with Gasteiger partial charge in [0.05, 0.1) is 27.0 Å². The summed E-state index contributed by atoms with van der Waals surface area (Å²) < 4.78 is 22.0. The van der Waals surface area contributed by atoms with Crippen molar-refractivity contribution in [2.24, 2.45) is 0 Å². The largest absolute Gasteiger partial charge is 0.497 e. The molecular weight excluding hydrogens is 470 g/mol. The van der Waals surface area contributed by atoms with Crippen molar-refractivity contribution in [3.8, 4) is 51.6 Å². The molecule has 0 aliphatic heterocycles. The summed E-state index contributed by atoms with van der Waals surface area (Å²) >= 11 is 0. The van der Waals surface area contributed by atoms with Crippen LogP contribution >= 0.6 is 0 Å². The van der Waals surface area contributed by atoms with Crippen molar-refractivity contribution in [3.63, 3.8) is 0 Å². The van der Waals surface area contributed by atoms with Gasteiger partial charge in [-0.3, -0.25) is 4.79 Å². The fourth-order valence-electron chi connectivity index (χ4n) is 3.75. The van der Waals surface area contributed by atoms with E-state index in [0.29, 0.717) is 39.8 Å². The summed E-state index contributed by atoms with van der Waals surface area (Å²) in [6.45, 7) is -0.197. The van der Waals surface area contributed by atoms with Gasteiger partial charge in [-0.2, -0.15) is 5.26 Å². The van der Waals surface area contributed by atoms with E-state index < -0.39 is 0 Å². The molecule has 8 heteroatoms. The minimum atomic E-state index is -0.300. The van der Waals surface area contributed by atoms with Gasteiger partial charge in [0, 0.05) is 16.8 Å². The molecular formula is C29H25N3O5. The maximum Gasteiger partial charge on any atom is 0.262 e. The third-order valence-electron chi connectivity index (χ3n) is 5.55. The zero-order chi connectivity index (χ0) is 26.2. The van der Waals surface area contributed by atoms with E-state index in [0.717, 1.165) is 5.56 Å². The number of para-hydroxylation sites is 1. The zero-order valence-corrected chi connectivity index (χ0v) is 20.6. The van der Waals surface area contributed by atoms with Crippen LogP contribution in [-0.2, 0) is 4.79 Å². The number of nitrogens with one attached hydrogen (secondary N) is 1. The van der Waals surface area contributed by atoms with Crippen LogP contribution in [0, 0.1) is 11.3 Å². The molecule has 1 aromatic heterocycles. The fraction of sp³-hybridized carbons (Fsp3) is 0.138. The SMILES string of the molecule is COc1cccc(-c2cc(-c3ccc(OCC(=O)Nc4ccccc4)c(OC)c3)c(C#N)c(OC)n2)c1. The number of aromatic nitrogens is 1. The van der Waals surface area contributed by atoms with Crippen LogP contribution in [0.1, 0.15) is 5.56 Å². The molecule has 3 aromatic carbocycles. The van der Waals surface area contributed by atoms with Gasteiger partial charge >= 0.3 is 0 Å². The summed E-state index contributed by atoms with van der Waals surface area (Å²) in [5.74, 6) is 1.39. The highest BCUT2D eigenvalue weighted by Gasteiger charge is 2.18. The van der Waals surface area contributed by atoms with Gasteiger partial charge in [0.1, 0.15) is 17.4 Å². The first-order valence-electron chi connectivity index (χ1n) is 11.4. The lowest BCUT2D eigenvalue weighted by Crippen LogP contribution is -2.20. The molecule has 0 fully saturated rings. The van der Waals surface area contributed by atoms with Crippen LogP contribution in [0.4, 0.5) is 5.69 Å². The minimum absolute atomic E-state index is 0.197. The Balaban J connectivity index is 1.65. The van der Waals surface area contributed by atoms with Crippen LogP contribution < -0.4 is 24.3 Å². The number of hydrogen-bond acceptors (Lipinski definition) is 7. The van der Waals surface area contributed by atoms with Gasteiger partial charge in [0.15, 0.2) is 18.1 Å². The van der Waals surface area contributed by atoms with Crippen molar-refractivity contribution in [1.29, 1.82) is 5.26 Å². The normalized spacial score (nSPS) is 10.2. The van der Waals surface area contributed by atoms with Gasteiger partial charge in [-0.1, -0.05) is 36.4 Å². The quantitative estimate of drug-likeness (QED) is 0.335. The predicted molar refractivity (Wildman–Crippen MR) is 140 cm³/mol. The highest BCUT2D eigenvalue weighted by molar-refractivity contribution is 5.91. The molecule has 37 heavy (non-hydrogen) atoms. The molecule has 1 amide bonds. The number of nitriles is 1. The molecule has 4 rings (SSSR count). The van der Waals surface area contributed by atoms with Crippen molar-refractivity contribution >= 4 is 11.6 Å². The molecule has 1 N–H and O–H groups in total. The average molecular weight is 496 g/mol. The van der Waals surface area contributed by atoms with E-state index in [-0.39, 0.29) is 24.0 Å². The van der Waals surface area contributed by atoms with Crippen LogP contribution in [-0.4, -0.2) is 38.8 Å². The van der Waals surface area contributed by atoms with E-state index >= 15 is 0 Å². The van der Waals surface area contributed by atoms with Crippen LogP contribution in [0.2, 0.25) is 0 Å². The molecule has 186 valence electrons. The topological polar surface area (TPSA) is 103 Å². The minimum Gasteiger partial charge on any atom is -0.497 e. The maximum atomic E-state index is 12.3. The highest BCUT2D eigenvalue weighted by atomic mass is 16.5. The molecule has 1 heterocycles. The number of amides is 1. The second-order valence-corrected chi connectivity index (χ2v) is 7.85. The van der Waals surface area contributed by atoms with E-state index in [2.05, 4.69) is 16.4 Å².